The van der Waals surface area contributed by atoms with Crippen molar-refractivity contribution in [3.05, 3.63) is 34.3 Å². The average molecular weight is 234 g/mol. The molecule has 0 unspecified atom stereocenters. The summed E-state index contributed by atoms with van der Waals surface area (Å²) in [6.07, 6.45) is 0. The minimum absolute atomic E-state index is 0.472. The second-order valence-corrected chi connectivity index (χ2v) is 9.46. The Balaban J connectivity index is 3.04. The third kappa shape index (κ3) is 3.79. The zero-order valence-corrected chi connectivity index (χ0v) is 10.8. The molecule has 0 aromatic heterocycles. The molecule has 0 aliphatic carbocycles. The molecular formula is C12H12ClNSi. The van der Waals surface area contributed by atoms with Crippen molar-refractivity contribution in [3.8, 4) is 17.5 Å². The predicted octanol–water partition coefficient (Wildman–Crippen LogP) is 3.44. The third-order valence-corrected chi connectivity index (χ3v) is 2.86. The van der Waals surface area contributed by atoms with Gasteiger partial charge in [-0.1, -0.05) is 37.2 Å². The normalized spacial score (nSPS) is 10.1. The number of benzene rings is 1. The van der Waals surface area contributed by atoms with Crippen LogP contribution in [0, 0.1) is 22.8 Å². The Labute approximate surface area is 96.7 Å². The van der Waals surface area contributed by atoms with Gasteiger partial charge in [-0.25, -0.2) is 0 Å². The first-order chi connectivity index (χ1) is 6.92. The molecule has 0 N–H and O–H groups in total. The second kappa shape index (κ2) is 4.53. The molecule has 0 radical (unpaired) electrons. The van der Waals surface area contributed by atoms with E-state index in [1.807, 2.05) is 12.1 Å². The van der Waals surface area contributed by atoms with Crippen molar-refractivity contribution in [2.45, 2.75) is 19.6 Å². The fourth-order valence-corrected chi connectivity index (χ4v) is 1.69. The third-order valence-electron chi connectivity index (χ3n) is 1.67. The van der Waals surface area contributed by atoms with E-state index in [1.54, 1.807) is 12.1 Å². The van der Waals surface area contributed by atoms with Gasteiger partial charge < -0.3 is 0 Å². The fraction of sp³-hybridized carbons (Fsp3) is 0.250. The van der Waals surface area contributed by atoms with E-state index >= 15 is 0 Å². The van der Waals surface area contributed by atoms with Crippen LogP contribution in [-0.2, 0) is 0 Å². The van der Waals surface area contributed by atoms with E-state index in [4.69, 9.17) is 16.9 Å². The minimum atomic E-state index is -1.35. The molecule has 1 nitrogen and oxygen atoms in total. The molecule has 0 aliphatic heterocycles. The highest BCUT2D eigenvalue weighted by molar-refractivity contribution is 6.83. The van der Waals surface area contributed by atoms with Crippen LogP contribution in [0.1, 0.15) is 11.1 Å². The molecule has 0 bridgehead atoms. The van der Waals surface area contributed by atoms with Crippen molar-refractivity contribution >= 4 is 19.7 Å². The van der Waals surface area contributed by atoms with Gasteiger partial charge in [-0.05, 0) is 18.2 Å². The molecule has 0 saturated carbocycles. The van der Waals surface area contributed by atoms with Crippen LogP contribution in [0.25, 0.3) is 0 Å². The molecule has 15 heavy (non-hydrogen) atoms. The molecular weight excluding hydrogens is 222 g/mol. The Hall–Kier alpha value is -1.22. The van der Waals surface area contributed by atoms with Gasteiger partial charge in [-0.3, -0.25) is 0 Å². The molecule has 1 aromatic carbocycles. The second-order valence-electron chi connectivity index (χ2n) is 4.31. The molecule has 1 rings (SSSR count). The van der Waals surface area contributed by atoms with E-state index in [0.717, 1.165) is 5.56 Å². The van der Waals surface area contributed by atoms with Gasteiger partial charge in [0.15, 0.2) is 0 Å². The first-order valence-corrected chi connectivity index (χ1v) is 8.53. The summed E-state index contributed by atoms with van der Waals surface area (Å²) in [5.41, 5.74) is 4.62. The number of hydrogen-bond donors (Lipinski definition) is 0. The van der Waals surface area contributed by atoms with Crippen molar-refractivity contribution in [2.75, 3.05) is 0 Å². The maximum absolute atomic E-state index is 8.70. The highest BCUT2D eigenvalue weighted by atomic mass is 35.5. The number of nitrogens with zero attached hydrogens (tertiary/aromatic N) is 1. The minimum Gasteiger partial charge on any atom is -0.192 e. The molecule has 0 atom stereocenters. The summed E-state index contributed by atoms with van der Waals surface area (Å²) in [6, 6.07) is 7.30. The number of halogens is 1. The predicted molar refractivity (Wildman–Crippen MR) is 66.4 cm³/mol. The van der Waals surface area contributed by atoms with Gasteiger partial charge in [0.05, 0.1) is 10.6 Å². The highest BCUT2D eigenvalue weighted by Gasteiger charge is 2.07. The summed E-state index contributed by atoms with van der Waals surface area (Å²) in [4.78, 5) is 0. The van der Waals surface area contributed by atoms with Gasteiger partial charge in [-0.2, -0.15) is 5.26 Å². The zero-order chi connectivity index (χ0) is 11.5. The molecule has 0 spiro atoms. The maximum Gasteiger partial charge on any atom is 0.129 e. The van der Waals surface area contributed by atoms with Crippen molar-refractivity contribution in [1.29, 1.82) is 5.26 Å². The summed E-state index contributed by atoms with van der Waals surface area (Å²) in [5.74, 6) is 3.09. The van der Waals surface area contributed by atoms with E-state index < -0.39 is 8.07 Å². The van der Waals surface area contributed by atoms with Gasteiger partial charge in [0, 0.05) is 5.56 Å². The standard InChI is InChI=1S/C12H12ClNSi/c1-15(2,3)7-6-10-4-5-11(9-14)12(13)8-10/h4-5,8H,1-3H3. The monoisotopic (exact) mass is 233 g/mol. The summed E-state index contributed by atoms with van der Waals surface area (Å²) in [5, 5.41) is 9.18. The summed E-state index contributed by atoms with van der Waals surface area (Å²) < 4.78 is 0. The lowest BCUT2D eigenvalue weighted by Crippen LogP contribution is -2.16. The Kier molecular flexibility index (Phi) is 3.58. The molecule has 1 aromatic rings. The summed E-state index contributed by atoms with van der Waals surface area (Å²) in [6.45, 7) is 6.56. The smallest absolute Gasteiger partial charge is 0.129 e. The molecule has 3 heteroatoms. The van der Waals surface area contributed by atoms with Crippen LogP contribution in [0.15, 0.2) is 18.2 Å². The quantitative estimate of drug-likeness (QED) is 0.498. The number of nitriles is 1. The highest BCUT2D eigenvalue weighted by Crippen LogP contribution is 2.16. The van der Waals surface area contributed by atoms with Crippen molar-refractivity contribution in [1.82, 2.24) is 0 Å². The van der Waals surface area contributed by atoms with E-state index in [2.05, 4.69) is 31.1 Å². The van der Waals surface area contributed by atoms with E-state index in [0.29, 0.717) is 10.6 Å². The van der Waals surface area contributed by atoms with Gasteiger partial charge in [0.25, 0.3) is 0 Å². The lowest BCUT2D eigenvalue weighted by molar-refractivity contribution is 1.48. The SMILES string of the molecule is C[Si](C)(C)C#Cc1ccc(C#N)c(Cl)c1. The van der Waals surface area contributed by atoms with Crippen molar-refractivity contribution < 1.29 is 0 Å². The summed E-state index contributed by atoms with van der Waals surface area (Å²) >= 11 is 5.90. The fourth-order valence-electron chi connectivity index (χ4n) is 0.943. The van der Waals surface area contributed by atoms with Gasteiger partial charge >= 0.3 is 0 Å². The first kappa shape index (κ1) is 11.8. The van der Waals surface area contributed by atoms with Crippen LogP contribution >= 0.6 is 11.6 Å². The van der Waals surface area contributed by atoms with E-state index in [1.165, 1.54) is 0 Å². The van der Waals surface area contributed by atoms with Gasteiger partial charge in [-0.15, -0.1) is 5.54 Å². The van der Waals surface area contributed by atoms with Crippen molar-refractivity contribution in [2.24, 2.45) is 0 Å². The van der Waals surface area contributed by atoms with Crippen LogP contribution in [0.2, 0.25) is 24.7 Å². The largest absolute Gasteiger partial charge is 0.192 e. The van der Waals surface area contributed by atoms with Crippen LogP contribution < -0.4 is 0 Å². The average Bonchev–Trinajstić information content (AvgIpc) is 2.14. The Morgan fingerprint density at radius 3 is 2.40 bits per heavy atom. The maximum atomic E-state index is 8.70. The lowest BCUT2D eigenvalue weighted by Gasteiger charge is -2.03. The molecule has 0 aliphatic rings. The summed E-state index contributed by atoms with van der Waals surface area (Å²) in [7, 11) is -1.35. The number of rotatable bonds is 0. The Bertz CT molecular complexity index is 469. The topological polar surface area (TPSA) is 23.8 Å². The molecule has 0 amide bonds. The van der Waals surface area contributed by atoms with Crippen LogP contribution in [0.4, 0.5) is 0 Å². The van der Waals surface area contributed by atoms with Crippen LogP contribution in [-0.4, -0.2) is 8.07 Å². The van der Waals surface area contributed by atoms with Gasteiger partial charge in [0.1, 0.15) is 14.1 Å². The first-order valence-electron chi connectivity index (χ1n) is 4.65. The Morgan fingerprint density at radius 1 is 1.27 bits per heavy atom. The molecule has 0 saturated heterocycles. The molecule has 0 fully saturated rings. The van der Waals surface area contributed by atoms with Gasteiger partial charge in [0.2, 0.25) is 0 Å². The van der Waals surface area contributed by atoms with Crippen LogP contribution in [0.3, 0.4) is 0 Å². The molecule has 76 valence electrons. The zero-order valence-electron chi connectivity index (χ0n) is 9.06. The van der Waals surface area contributed by atoms with E-state index in [-0.39, 0.29) is 0 Å². The number of hydrogen-bond acceptors (Lipinski definition) is 1. The van der Waals surface area contributed by atoms with Crippen molar-refractivity contribution in [3.63, 3.8) is 0 Å². The lowest BCUT2D eigenvalue weighted by atomic mass is 10.1. The van der Waals surface area contributed by atoms with E-state index in [9.17, 15) is 0 Å². The Morgan fingerprint density at radius 2 is 1.93 bits per heavy atom. The molecule has 0 heterocycles. The van der Waals surface area contributed by atoms with Crippen LogP contribution in [0.5, 0.6) is 0 Å².